The molecule has 0 aliphatic heterocycles. The van der Waals surface area contributed by atoms with Gasteiger partial charge in [-0.1, -0.05) is 61.9 Å². The molecule has 0 saturated carbocycles. The van der Waals surface area contributed by atoms with Gasteiger partial charge in [-0.2, -0.15) is 0 Å². The van der Waals surface area contributed by atoms with Gasteiger partial charge in [0.05, 0.1) is 11.3 Å². The van der Waals surface area contributed by atoms with E-state index in [1.54, 1.807) is 0 Å². The van der Waals surface area contributed by atoms with Gasteiger partial charge in [0.1, 0.15) is 18.5 Å². The lowest BCUT2D eigenvalue weighted by molar-refractivity contribution is -0.118. The van der Waals surface area contributed by atoms with E-state index in [9.17, 15) is 23.9 Å². The summed E-state index contributed by atoms with van der Waals surface area (Å²) in [6.07, 6.45) is 0.0860. The molecule has 0 radical (unpaired) electrons. The average molecular weight is 477 g/mol. The second kappa shape index (κ2) is 10.4. The number of hydrogen-bond acceptors (Lipinski definition) is 4. The van der Waals surface area contributed by atoms with Crippen LogP contribution < -0.4 is 10.6 Å². The Bertz CT molecular complexity index is 1230. The van der Waals surface area contributed by atoms with E-state index >= 15 is 0 Å². The number of carbonyl (C=O) groups excluding carboxylic acids is 2. The van der Waals surface area contributed by atoms with Crippen molar-refractivity contribution in [2.75, 3.05) is 11.9 Å². The Balaban J connectivity index is 1.43. The summed E-state index contributed by atoms with van der Waals surface area (Å²) in [5.41, 5.74) is 3.90. The van der Waals surface area contributed by atoms with Gasteiger partial charge >= 0.3 is 12.1 Å². The third-order valence-electron chi connectivity index (χ3n) is 6.00. The van der Waals surface area contributed by atoms with Crippen molar-refractivity contribution in [3.05, 3.63) is 89.2 Å². The maximum atomic E-state index is 13.6. The summed E-state index contributed by atoms with van der Waals surface area (Å²) in [4.78, 5) is 36.9. The number of halogens is 1. The van der Waals surface area contributed by atoms with Crippen molar-refractivity contribution in [1.29, 1.82) is 0 Å². The zero-order valence-electron chi connectivity index (χ0n) is 19.1. The van der Waals surface area contributed by atoms with Crippen molar-refractivity contribution in [2.24, 2.45) is 0 Å². The SMILES string of the molecule is CCC[C@@H](NC(=O)OCC1c2ccccc2-c2ccccc21)C(=O)Nc1cc(F)ccc1C(=O)O. The van der Waals surface area contributed by atoms with Crippen LogP contribution in [0.4, 0.5) is 14.9 Å². The zero-order chi connectivity index (χ0) is 24.9. The van der Waals surface area contributed by atoms with Crippen LogP contribution in [0.3, 0.4) is 0 Å². The summed E-state index contributed by atoms with van der Waals surface area (Å²) in [7, 11) is 0. The van der Waals surface area contributed by atoms with Gasteiger partial charge < -0.3 is 20.5 Å². The lowest BCUT2D eigenvalue weighted by atomic mass is 9.98. The number of carboxylic acids is 1. The van der Waals surface area contributed by atoms with Crippen LogP contribution in [0.5, 0.6) is 0 Å². The molecule has 180 valence electrons. The smallest absolute Gasteiger partial charge is 0.407 e. The molecule has 3 aromatic rings. The standard InChI is InChI=1S/C27H25FN2O5/c1-2-7-23(25(31)29-24-14-16(28)12-13-21(24)26(32)33)30-27(34)35-15-22-19-10-5-3-8-17(19)18-9-4-6-11-20(18)22/h3-6,8-14,22-23H,2,7,15H2,1H3,(H,29,31)(H,30,34)(H,32,33)/t23-/m1/s1. The number of benzene rings is 3. The molecule has 3 N–H and O–H groups in total. The molecule has 35 heavy (non-hydrogen) atoms. The lowest BCUT2D eigenvalue weighted by Gasteiger charge is -2.20. The van der Waals surface area contributed by atoms with Gasteiger partial charge in [-0.25, -0.2) is 14.0 Å². The molecule has 2 amide bonds. The van der Waals surface area contributed by atoms with Crippen molar-refractivity contribution in [3.63, 3.8) is 0 Å². The summed E-state index contributed by atoms with van der Waals surface area (Å²) < 4.78 is 19.2. The third kappa shape index (κ3) is 5.16. The van der Waals surface area contributed by atoms with E-state index in [0.717, 1.165) is 40.5 Å². The van der Waals surface area contributed by atoms with Gasteiger partial charge in [-0.05, 0) is 46.9 Å². The highest BCUT2D eigenvalue weighted by Crippen LogP contribution is 2.44. The Morgan fingerprint density at radius 2 is 1.63 bits per heavy atom. The van der Waals surface area contributed by atoms with Crippen LogP contribution >= 0.6 is 0 Å². The minimum absolute atomic E-state index is 0.0907. The molecule has 4 rings (SSSR count). The van der Waals surface area contributed by atoms with Crippen molar-refractivity contribution in [1.82, 2.24) is 5.32 Å². The first kappa shape index (κ1) is 23.9. The van der Waals surface area contributed by atoms with E-state index in [1.807, 2.05) is 55.5 Å². The summed E-state index contributed by atoms with van der Waals surface area (Å²) in [6.45, 7) is 1.93. The number of carboxylic acid groups (broad SMARTS) is 1. The van der Waals surface area contributed by atoms with Crippen LogP contribution in [0, 0.1) is 5.82 Å². The second-order valence-corrected chi connectivity index (χ2v) is 8.30. The van der Waals surface area contributed by atoms with Crippen LogP contribution in [-0.4, -0.2) is 35.7 Å². The maximum Gasteiger partial charge on any atom is 0.407 e. The molecule has 1 aliphatic rings. The monoisotopic (exact) mass is 476 g/mol. The largest absolute Gasteiger partial charge is 0.478 e. The van der Waals surface area contributed by atoms with E-state index in [2.05, 4.69) is 10.6 Å². The second-order valence-electron chi connectivity index (χ2n) is 8.30. The van der Waals surface area contributed by atoms with E-state index < -0.39 is 29.8 Å². The van der Waals surface area contributed by atoms with Crippen LogP contribution in [0.1, 0.15) is 47.2 Å². The Labute approximate surface area is 201 Å². The van der Waals surface area contributed by atoms with Crippen LogP contribution in [0.25, 0.3) is 11.1 Å². The normalized spacial score (nSPS) is 12.9. The minimum atomic E-state index is -1.31. The zero-order valence-corrected chi connectivity index (χ0v) is 19.1. The molecule has 8 heteroatoms. The minimum Gasteiger partial charge on any atom is -0.478 e. The lowest BCUT2D eigenvalue weighted by Crippen LogP contribution is -2.44. The highest BCUT2D eigenvalue weighted by Gasteiger charge is 2.30. The molecule has 7 nitrogen and oxygen atoms in total. The van der Waals surface area contributed by atoms with Gasteiger partial charge in [-0.3, -0.25) is 4.79 Å². The summed E-state index contributed by atoms with van der Waals surface area (Å²) >= 11 is 0. The fraction of sp³-hybridized carbons (Fsp3) is 0.222. The number of aromatic carboxylic acids is 1. The number of amides is 2. The van der Waals surface area contributed by atoms with Gasteiger partial charge in [0.25, 0.3) is 0 Å². The fourth-order valence-corrected chi connectivity index (χ4v) is 4.37. The number of fused-ring (bicyclic) bond motifs is 3. The summed E-state index contributed by atoms with van der Waals surface area (Å²) in [6, 6.07) is 17.9. The van der Waals surface area contributed by atoms with E-state index in [1.165, 1.54) is 0 Å². The predicted molar refractivity (Wildman–Crippen MR) is 129 cm³/mol. The van der Waals surface area contributed by atoms with E-state index in [-0.39, 0.29) is 30.2 Å². The molecule has 3 aromatic carbocycles. The average Bonchev–Trinajstić information content (AvgIpc) is 3.16. The number of ether oxygens (including phenoxy) is 1. The Kier molecular flexibility index (Phi) is 7.10. The van der Waals surface area contributed by atoms with Gasteiger partial charge in [0.2, 0.25) is 5.91 Å². The number of anilines is 1. The molecule has 0 saturated heterocycles. The Morgan fingerprint density at radius 3 is 2.23 bits per heavy atom. The first-order valence-corrected chi connectivity index (χ1v) is 11.3. The molecule has 0 unspecified atom stereocenters. The summed E-state index contributed by atoms with van der Waals surface area (Å²) in [5, 5.41) is 14.3. The first-order valence-electron chi connectivity index (χ1n) is 11.3. The topological polar surface area (TPSA) is 105 Å². The summed E-state index contributed by atoms with van der Waals surface area (Å²) in [5.74, 6) is -2.79. The Hall–Kier alpha value is -4.20. The number of alkyl carbamates (subject to hydrolysis) is 1. The van der Waals surface area contributed by atoms with Gasteiger partial charge in [-0.15, -0.1) is 0 Å². The van der Waals surface area contributed by atoms with Crippen molar-refractivity contribution in [3.8, 4) is 11.1 Å². The number of rotatable bonds is 8. The molecular weight excluding hydrogens is 451 g/mol. The molecule has 1 atom stereocenters. The molecule has 1 aliphatic carbocycles. The molecule has 0 aromatic heterocycles. The van der Waals surface area contributed by atoms with Gasteiger partial charge in [0.15, 0.2) is 0 Å². The first-order chi connectivity index (χ1) is 16.9. The van der Waals surface area contributed by atoms with Crippen LogP contribution in [0.15, 0.2) is 66.7 Å². The van der Waals surface area contributed by atoms with E-state index in [4.69, 9.17) is 4.74 Å². The van der Waals surface area contributed by atoms with Crippen molar-refractivity contribution < 1.29 is 28.6 Å². The van der Waals surface area contributed by atoms with Crippen molar-refractivity contribution >= 4 is 23.7 Å². The van der Waals surface area contributed by atoms with Gasteiger partial charge in [0, 0.05) is 5.92 Å². The number of carbonyl (C=O) groups is 3. The fourth-order valence-electron chi connectivity index (χ4n) is 4.37. The third-order valence-corrected chi connectivity index (χ3v) is 6.00. The molecule has 0 fully saturated rings. The highest BCUT2D eigenvalue weighted by atomic mass is 19.1. The molecule has 0 bridgehead atoms. The maximum absolute atomic E-state index is 13.6. The van der Waals surface area contributed by atoms with Crippen molar-refractivity contribution in [2.45, 2.75) is 31.7 Å². The molecule has 0 heterocycles. The number of hydrogen-bond donors (Lipinski definition) is 3. The van der Waals surface area contributed by atoms with Crippen LogP contribution in [0.2, 0.25) is 0 Å². The quantitative estimate of drug-likeness (QED) is 0.416. The highest BCUT2D eigenvalue weighted by molar-refractivity contribution is 6.02. The number of nitrogens with one attached hydrogen (secondary N) is 2. The van der Waals surface area contributed by atoms with Crippen LogP contribution in [-0.2, 0) is 9.53 Å². The molecule has 0 spiro atoms. The molecular formula is C27H25FN2O5. The predicted octanol–water partition coefficient (Wildman–Crippen LogP) is 5.17. The van der Waals surface area contributed by atoms with E-state index in [0.29, 0.717) is 6.42 Å². The Morgan fingerprint density at radius 1 is 1.00 bits per heavy atom.